The molecule has 1 N–H and O–H groups in total. The van der Waals surface area contributed by atoms with E-state index in [0.29, 0.717) is 58.3 Å². The van der Waals surface area contributed by atoms with Gasteiger partial charge in [-0.2, -0.15) is 0 Å². The average Bonchev–Trinajstić information content (AvgIpc) is 2.83. The maximum Gasteiger partial charge on any atom is 0.248 e. The highest BCUT2D eigenvalue weighted by molar-refractivity contribution is 5.78. The Morgan fingerprint density at radius 1 is 1.09 bits per heavy atom. The molecule has 8 nitrogen and oxygen atoms in total. The van der Waals surface area contributed by atoms with Crippen LogP contribution in [-0.2, 0) is 20.7 Å². The zero-order chi connectivity index (χ0) is 24.0. The summed E-state index contributed by atoms with van der Waals surface area (Å²) in [5.41, 5.74) is 0.587. The van der Waals surface area contributed by atoms with Crippen LogP contribution in [0.15, 0.2) is 18.2 Å². The van der Waals surface area contributed by atoms with E-state index in [4.69, 9.17) is 14.2 Å². The van der Waals surface area contributed by atoms with Crippen molar-refractivity contribution in [1.82, 2.24) is 9.80 Å². The summed E-state index contributed by atoms with van der Waals surface area (Å²) < 4.78 is 16.2. The molecule has 2 fully saturated rings. The Morgan fingerprint density at radius 2 is 1.82 bits per heavy atom. The van der Waals surface area contributed by atoms with E-state index in [0.717, 1.165) is 17.1 Å². The van der Waals surface area contributed by atoms with Crippen molar-refractivity contribution in [3.05, 3.63) is 23.8 Å². The first kappa shape index (κ1) is 25.3. The number of ether oxygens (including phenoxy) is 3. The van der Waals surface area contributed by atoms with Gasteiger partial charge in [-0.3, -0.25) is 9.59 Å². The zero-order valence-corrected chi connectivity index (χ0v) is 20.3. The van der Waals surface area contributed by atoms with E-state index in [-0.39, 0.29) is 29.9 Å². The third-order valence-electron chi connectivity index (χ3n) is 6.99. The molecule has 2 saturated heterocycles. The molecule has 2 aliphatic rings. The minimum atomic E-state index is -0.454. The van der Waals surface area contributed by atoms with Gasteiger partial charge in [0.25, 0.3) is 0 Å². The summed E-state index contributed by atoms with van der Waals surface area (Å²) >= 11 is 0. The highest BCUT2D eigenvalue weighted by Gasteiger charge is 2.46. The number of hydrogen-bond donors (Lipinski definition) is 1. The fourth-order valence-electron chi connectivity index (χ4n) is 4.86. The lowest BCUT2D eigenvalue weighted by Crippen LogP contribution is -2.58. The minimum absolute atomic E-state index is 0.0102. The summed E-state index contributed by atoms with van der Waals surface area (Å²) in [7, 11) is 3.24. The maximum absolute atomic E-state index is 13.1. The molecule has 3 rings (SSSR count). The highest BCUT2D eigenvalue weighted by Crippen LogP contribution is 2.40. The first-order valence-electron chi connectivity index (χ1n) is 11.8. The van der Waals surface area contributed by atoms with Crippen molar-refractivity contribution < 1.29 is 28.9 Å². The van der Waals surface area contributed by atoms with Gasteiger partial charge in [-0.15, -0.1) is 0 Å². The number of hydrogen-bond acceptors (Lipinski definition) is 6. The second-order valence-electron chi connectivity index (χ2n) is 9.40. The van der Waals surface area contributed by atoms with Crippen LogP contribution in [0.2, 0.25) is 0 Å². The van der Waals surface area contributed by atoms with Crippen LogP contribution in [0.3, 0.4) is 0 Å². The van der Waals surface area contributed by atoms with E-state index < -0.39 is 6.10 Å². The molecule has 0 radical (unpaired) electrons. The van der Waals surface area contributed by atoms with Gasteiger partial charge in [0.15, 0.2) is 0 Å². The molecule has 8 heteroatoms. The van der Waals surface area contributed by atoms with Crippen molar-refractivity contribution >= 4 is 11.8 Å². The molecule has 1 atom stereocenters. The normalized spacial score (nSPS) is 20.2. The number of amides is 2. The second-order valence-corrected chi connectivity index (χ2v) is 9.40. The van der Waals surface area contributed by atoms with Crippen LogP contribution in [0, 0.1) is 5.41 Å². The first-order valence-corrected chi connectivity index (χ1v) is 11.8. The number of aliphatic hydroxyl groups excluding tert-OH is 1. The number of carbonyl (C=O) groups excluding carboxylic acids is 2. The standard InChI is InChI=1S/C25H38N2O6/c1-18(2)33-16-24(30)26-13-10-25(11-14-26)17-27(12-9-22(25)28)23(29)8-5-19-15-20(31-3)6-7-21(19)32-4/h6-7,15,18,22,28H,5,8-14,16-17H2,1-4H3. The number of rotatable bonds is 8. The number of piperidine rings is 2. The SMILES string of the molecule is COc1ccc(OC)c(CCC(=O)N2CCC(O)C3(CCN(C(=O)COC(C)C)CC3)C2)c1. The lowest BCUT2D eigenvalue weighted by molar-refractivity contribution is -0.149. The third-order valence-corrected chi connectivity index (χ3v) is 6.99. The second kappa shape index (κ2) is 11.2. The molecular formula is C25H38N2O6. The van der Waals surface area contributed by atoms with E-state index in [1.807, 2.05) is 41.8 Å². The van der Waals surface area contributed by atoms with Crippen LogP contribution in [0.4, 0.5) is 0 Å². The average molecular weight is 463 g/mol. The van der Waals surface area contributed by atoms with Crippen LogP contribution in [-0.4, -0.2) is 85.9 Å². The van der Waals surface area contributed by atoms with Crippen molar-refractivity contribution in [2.24, 2.45) is 5.41 Å². The molecule has 1 aromatic rings. The molecule has 0 bridgehead atoms. The van der Waals surface area contributed by atoms with Gasteiger partial charge in [0, 0.05) is 38.0 Å². The lowest BCUT2D eigenvalue weighted by atomic mass is 9.70. The van der Waals surface area contributed by atoms with Crippen molar-refractivity contribution in [2.45, 2.75) is 58.2 Å². The van der Waals surface area contributed by atoms with Crippen LogP contribution in [0.1, 0.15) is 45.1 Å². The molecule has 0 aromatic heterocycles. The molecular weight excluding hydrogens is 424 g/mol. The van der Waals surface area contributed by atoms with Crippen molar-refractivity contribution in [3.63, 3.8) is 0 Å². The monoisotopic (exact) mass is 462 g/mol. The number of aryl methyl sites for hydroxylation is 1. The van der Waals surface area contributed by atoms with Crippen LogP contribution in [0.5, 0.6) is 11.5 Å². The summed E-state index contributed by atoms with van der Waals surface area (Å²) in [6.07, 6.45) is 2.44. The highest BCUT2D eigenvalue weighted by atomic mass is 16.5. The van der Waals surface area contributed by atoms with Crippen LogP contribution >= 0.6 is 0 Å². The van der Waals surface area contributed by atoms with Gasteiger partial charge in [-0.1, -0.05) is 0 Å². The Hall–Kier alpha value is -2.32. The topological polar surface area (TPSA) is 88.5 Å². The van der Waals surface area contributed by atoms with Crippen molar-refractivity contribution in [2.75, 3.05) is 47.0 Å². The fraction of sp³-hybridized carbons (Fsp3) is 0.680. The van der Waals surface area contributed by atoms with E-state index >= 15 is 0 Å². The molecule has 0 aliphatic carbocycles. The first-order chi connectivity index (χ1) is 15.8. The Labute approximate surface area is 196 Å². The molecule has 33 heavy (non-hydrogen) atoms. The summed E-state index contributed by atoms with van der Waals surface area (Å²) in [4.78, 5) is 29.2. The van der Waals surface area contributed by atoms with E-state index in [2.05, 4.69) is 0 Å². The smallest absolute Gasteiger partial charge is 0.248 e. The van der Waals surface area contributed by atoms with Gasteiger partial charge in [0.05, 0.1) is 26.4 Å². The van der Waals surface area contributed by atoms with Crippen molar-refractivity contribution in [1.29, 1.82) is 0 Å². The number of benzene rings is 1. The Balaban J connectivity index is 1.57. The molecule has 1 aromatic carbocycles. The van der Waals surface area contributed by atoms with E-state index in [1.54, 1.807) is 14.2 Å². The fourth-order valence-corrected chi connectivity index (χ4v) is 4.86. The molecule has 0 saturated carbocycles. The zero-order valence-electron chi connectivity index (χ0n) is 20.3. The number of likely N-dealkylation sites (tertiary alicyclic amines) is 2. The minimum Gasteiger partial charge on any atom is -0.497 e. The van der Waals surface area contributed by atoms with Crippen LogP contribution < -0.4 is 9.47 Å². The van der Waals surface area contributed by atoms with Gasteiger partial charge in [0.2, 0.25) is 11.8 Å². The van der Waals surface area contributed by atoms with E-state index in [1.165, 1.54) is 0 Å². The molecule has 2 aliphatic heterocycles. The van der Waals surface area contributed by atoms with Crippen LogP contribution in [0.25, 0.3) is 0 Å². The summed E-state index contributed by atoms with van der Waals surface area (Å²) in [6.45, 7) is 6.17. The number of carbonyl (C=O) groups is 2. The molecule has 2 heterocycles. The lowest BCUT2D eigenvalue weighted by Gasteiger charge is -2.50. The quantitative estimate of drug-likeness (QED) is 0.638. The number of aliphatic hydroxyl groups is 1. The largest absolute Gasteiger partial charge is 0.497 e. The Kier molecular flexibility index (Phi) is 8.59. The maximum atomic E-state index is 13.1. The molecule has 1 unspecified atom stereocenters. The Morgan fingerprint density at radius 3 is 2.45 bits per heavy atom. The predicted octanol–water partition coefficient (Wildman–Crippen LogP) is 2.26. The Bertz CT molecular complexity index is 819. The van der Waals surface area contributed by atoms with E-state index in [9.17, 15) is 14.7 Å². The molecule has 184 valence electrons. The third kappa shape index (κ3) is 6.18. The number of methoxy groups -OCH3 is 2. The summed E-state index contributed by atoms with van der Waals surface area (Å²) in [6, 6.07) is 5.60. The van der Waals surface area contributed by atoms with Gasteiger partial charge in [-0.05, 0) is 63.3 Å². The van der Waals surface area contributed by atoms with Gasteiger partial charge < -0.3 is 29.1 Å². The summed E-state index contributed by atoms with van der Waals surface area (Å²) in [5.74, 6) is 1.55. The van der Waals surface area contributed by atoms with Crippen molar-refractivity contribution in [3.8, 4) is 11.5 Å². The predicted molar refractivity (Wildman–Crippen MR) is 124 cm³/mol. The van der Waals surface area contributed by atoms with Gasteiger partial charge in [-0.25, -0.2) is 0 Å². The number of nitrogens with zero attached hydrogens (tertiary/aromatic N) is 2. The molecule has 2 amide bonds. The molecule has 1 spiro atoms. The van der Waals surface area contributed by atoms with Gasteiger partial charge >= 0.3 is 0 Å². The van der Waals surface area contributed by atoms with Gasteiger partial charge in [0.1, 0.15) is 18.1 Å². The summed E-state index contributed by atoms with van der Waals surface area (Å²) in [5, 5.41) is 10.8.